The van der Waals surface area contributed by atoms with Gasteiger partial charge in [0.25, 0.3) is 0 Å². The molecule has 0 bridgehead atoms. The quantitative estimate of drug-likeness (QED) is 0.885. The molecule has 0 spiro atoms. The number of anilines is 1. The van der Waals surface area contributed by atoms with E-state index < -0.39 is 0 Å². The van der Waals surface area contributed by atoms with Crippen molar-refractivity contribution in [1.82, 2.24) is 10.3 Å². The highest BCUT2D eigenvalue weighted by Crippen LogP contribution is 2.24. The summed E-state index contributed by atoms with van der Waals surface area (Å²) in [6.07, 6.45) is 3.82. The second-order valence-corrected chi connectivity index (χ2v) is 6.76. The summed E-state index contributed by atoms with van der Waals surface area (Å²) in [7, 11) is 0. The second kappa shape index (κ2) is 5.59. The maximum atomic E-state index is 4.75. The second-order valence-electron chi connectivity index (χ2n) is 4.70. The van der Waals surface area contributed by atoms with E-state index in [4.69, 9.17) is 4.98 Å². The summed E-state index contributed by atoms with van der Waals surface area (Å²) in [5.74, 6) is 2.50. The van der Waals surface area contributed by atoms with Crippen molar-refractivity contribution in [3.63, 3.8) is 0 Å². The number of aromatic nitrogens is 1. The van der Waals surface area contributed by atoms with Crippen molar-refractivity contribution >= 4 is 28.2 Å². The molecular weight excluding hydrogens is 250 g/mol. The zero-order chi connectivity index (χ0) is 11.5. The molecule has 0 atom stereocenters. The van der Waals surface area contributed by atoms with Gasteiger partial charge < -0.3 is 10.2 Å². The van der Waals surface area contributed by atoms with Gasteiger partial charge in [-0.05, 0) is 12.8 Å². The van der Waals surface area contributed by atoms with E-state index >= 15 is 0 Å². The summed E-state index contributed by atoms with van der Waals surface area (Å²) in [6.45, 7) is 3.42. The predicted molar refractivity (Wildman–Crippen MR) is 76.4 cm³/mol. The van der Waals surface area contributed by atoms with Gasteiger partial charge in [-0.2, -0.15) is 11.8 Å². The Bertz CT molecular complexity index is 356. The molecule has 2 fully saturated rings. The van der Waals surface area contributed by atoms with E-state index in [9.17, 15) is 0 Å². The molecule has 0 amide bonds. The van der Waals surface area contributed by atoms with Gasteiger partial charge in [-0.15, -0.1) is 11.3 Å². The molecular formula is C12H19N3S2. The molecule has 1 aromatic rings. The first-order valence-electron chi connectivity index (χ1n) is 6.42. The topological polar surface area (TPSA) is 28.2 Å². The number of thioether (sulfide) groups is 1. The highest BCUT2D eigenvalue weighted by molar-refractivity contribution is 7.99. The summed E-state index contributed by atoms with van der Waals surface area (Å²) < 4.78 is 0. The summed E-state index contributed by atoms with van der Waals surface area (Å²) in [6, 6.07) is 0.812. The van der Waals surface area contributed by atoms with Gasteiger partial charge in [0.15, 0.2) is 5.13 Å². The monoisotopic (exact) mass is 269 g/mol. The van der Waals surface area contributed by atoms with Crippen molar-refractivity contribution in [2.75, 3.05) is 36.0 Å². The third-order valence-electron chi connectivity index (χ3n) is 3.21. The van der Waals surface area contributed by atoms with Crippen LogP contribution in [0, 0.1) is 0 Å². The zero-order valence-corrected chi connectivity index (χ0v) is 11.7. The van der Waals surface area contributed by atoms with E-state index in [-0.39, 0.29) is 0 Å². The number of nitrogens with zero attached hydrogens (tertiary/aromatic N) is 2. The molecule has 3 nitrogen and oxygen atoms in total. The van der Waals surface area contributed by atoms with Crippen molar-refractivity contribution in [2.45, 2.75) is 25.3 Å². The van der Waals surface area contributed by atoms with Crippen molar-refractivity contribution in [3.05, 3.63) is 11.1 Å². The summed E-state index contributed by atoms with van der Waals surface area (Å²) in [5.41, 5.74) is 1.26. The van der Waals surface area contributed by atoms with Gasteiger partial charge in [-0.25, -0.2) is 4.98 Å². The number of hydrogen-bond donors (Lipinski definition) is 1. The van der Waals surface area contributed by atoms with Crippen LogP contribution < -0.4 is 10.2 Å². The number of rotatable bonds is 5. The lowest BCUT2D eigenvalue weighted by Gasteiger charge is -2.25. The number of hydrogen-bond acceptors (Lipinski definition) is 5. The predicted octanol–water partition coefficient (Wildman–Crippen LogP) is 1.99. The smallest absolute Gasteiger partial charge is 0.185 e. The van der Waals surface area contributed by atoms with Gasteiger partial charge in [0.1, 0.15) is 0 Å². The Morgan fingerprint density at radius 2 is 2.18 bits per heavy atom. The number of nitrogens with one attached hydrogen (secondary N) is 1. The Morgan fingerprint density at radius 3 is 2.94 bits per heavy atom. The normalized spacial score (nSPS) is 20.8. The lowest BCUT2D eigenvalue weighted by Crippen LogP contribution is -2.32. The molecule has 0 radical (unpaired) electrons. The molecule has 17 heavy (non-hydrogen) atoms. The Morgan fingerprint density at radius 1 is 1.35 bits per heavy atom. The van der Waals surface area contributed by atoms with E-state index in [2.05, 4.69) is 15.6 Å². The van der Waals surface area contributed by atoms with Gasteiger partial charge in [-0.1, -0.05) is 0 Å². The molecule has 94 valence electrons. The van der Waals surface area contributed by atoms with E-state index in [0.29, 0.717) is 0 Å². The maximum absolute atomic E-state index is 4.75. The molecule has 1 aliphatic carbocycles. The van der Waals surface area contributed by atoms with Gasteiger partial charge in [0.2, 0.25) is 0 Å². The molecule has 1 saturated carbocycles. The van der Waals surface area contributed by atoms with Crippen LogP contribution in [0.25, 0.3) is 0 Å². The highest BCUT2D eigenvalue weighted by Gasteiger charge is 2.20. The van der Waals surface area contributed by atoms with Crippen LogP contribution in [0.2, 0.25) is 0 Å². The van der Waals surface area contributed by atoms with Crippen LogP contribution in [0.3, 0.4) is 0 Å². The van der Waals surface area contributed by atoms with Crippen LogP contribution in [0.1, 0.15) is 18.5 Å². The Hall–Kier alpha value is -0.260. The molecule has 1 aromatic heterocycles. The largest absolute Gasteiger partial charge is 0.346 e. The maximum Gasteiger partial charge on any atom is 0.185 e. The fourth-order valence-corrected chi connectivity index (χ4v) is 3.82. The van der Waals surface area contributed by atoms with Crippen LogP contribution in [-0.2, 0) is 6.42 Å². The van der Waals surface area contributed by atoms with Crippen LogP contribution in [0.15, 0.2) is 5.38 Å². The SMILES string of the molecule is c1sc(N2CCSCC2)nc1CCNC1CC1. The fourth-order valence-electron chi connectivity index (χ4n) is 2.00. The van der Waals surface area contributed by atoms with Crippen LogP contribution >= 0.6 is 23.1 Å². The van der Waals surface area contributed by atoms with Crippen molar-refractivity contribution in [2.24, 2.45) is 0 Å². The van der Waals surface area contributed by atoms with Gasteiger partial charge in [0.05, 0.1) is 5.69 Å². The van der Waals surface area contributed by atoms with Gasteiger partial charge in [-0.3, -0.25) is 0 Å². The van der Waals surface area contributed by atoms with Crippen LogP contribution in [0.4, 0.5) is 5.13 Å². The average Bonchev–Trinajstić information content (AvgIpc) is 3.07. The standard InChI is InChI=1S/C12H19N3S2/c1-2-10(1)13-4-3-11-9-17-12(14-11)15-5-7-16-8-6-15/h9-10,13H,1-8H2. The third-order valence-corrected chi connectivity index (χ3v) is 5.11. The molecule has 1 saturated heterocycles. The fraction of sp³-hybridized carbons (Fsp3) is 0.750. The molecule has 1 aliphatic heterocycles. The Balaban J connectivity index is 1.49. The summed E-state index contributed by atoms with van der Waals surface area (Å²) in [4.78, 5) is 7.18. The zero-order valence-electron chi connectivity index (χ0n) is 10.0. The lowest BCUT2D eigenvalue weighted by atomic mass is 10.3. The van der Waals surface area contributed by atoms with Crippen molar-refractivity contribution in [1.29, 1.82) is 0 Å². The average molecular weight is 269 g/mol. The van der Waals surface area contributed by atoms with E-state index in [1.165, 1.54) is 35.2 Å². The number of thiazole rings is 1. The lowest BCUT2D eigenvalue weighted by molar-refractivity contribution is 0.676. The van der Waals surface area contributed by atoms with E-state index in [1.54, 1.807) is 0 Å². The third kappa shape index (κ3) is 3.36. The van der Waals surface area contributed by atoms with Gasteiger partial charge >= 0.3 is 0 Å². The first kappa shape index (κ1) is 11.8. The van der Waals surface area contributed by atoms with Gasteiger partial charge in [0, 0.05) is 49.0 Å². The Kier molecular flexibility index (Phi) is 3.88. The summed E-state index contributed by atoms with van der Waals surface area (Å²) >= 11 is 3.86. The molecule has 2 heterocycles. The van der Waals surface area contributed by atoms with E-state index in [1.807, 2.05) is 23.1 Å². The molecule has 5 heteroatoms. The first-order chi connectivity index (χ1) is 8.42. The minimum absolute atomic E-state index is 0.812. The van der Waals surface area contributed by atoms with Crippen LogP contribution in [-0.4, -0.2) is 42.2 Å². The Labute approximate surface area is 111 Å². The highest BCUT2D eigenvalue weighted by atomic mass is 32.2. The van der Waals surface area contributed by atoms with Crippen LogP contribution in [0.5, 0.6) is 0 Å². The molecule has 0 aromatic carbocycles. The molecule has 3 rings (SSSR count). The molecule has 2 aliphatic rings. The minimum Gasteiger partial charge on any atom is -0.346 e. The minimum atomic E-state index is 0.812. The molecule has 1 N–H and O–H groups in total. The first-order valence-corrected chi connectivity index (χ1v) is 8.46. The summed E-state index contributed by atoms with van der Waals surface area (Å²) in [5, 5.41) is 7.00. The van der Waals surface area contributed by atoms with E-state index in [0.717, 1.165) is 32.1 Å². The molecule has 0 unspecified atom stereocenters. The van der Waals surface area contributed by atoms with Crippen molar-refractivity contribution < 1.29 is 0 Å². The van der Waals surface area contributed by atoms with Crippen molar-refractivity contribution in [3.8, 4) is 0 Å².